The van der Waals surface area contributed by atoms with E-state index in [-0.39, 0.29) is 18.1 Å². The molecule has 162 valence electrons. The number of nitrogens with one attached hydrogen (secondary N) is 2. The number of aliphatic hydroxyl groups excluding tert-OH is 1. The molecule has 1 aliphatic carbocycles. The van der Waals surface area contributed by atoms with Gasteiger partial charge in [0, 0.05) is 44.3 Å². The molecule has 1 heterocycles. The monoisotopic (exact) mass is 398 g/mol. The molecule has 8 heteroatoms. The van der Waals surface area contributed by atoms with Crippen molar-refractivity contribution in [1.82, 2.24) is 15.5 Å². The second-order valence-corrected chi connectivity index (χ2v) is 8.80. The van der Waals surface area contributed by atoms with Crippen molar-refractivity contribution in [3.63, 3.8) is 0 Å². The lowest BCUT2D eigenvalue weighted by Crippen LogP contribution is -2.45. The summed E-state index contributed by atoms with van der Waals surface area (Å²) in [5.74, 6) is 0.728. The van der Waals surface area contributed by atoms with E-state index in [1.54, 1.807) is 0 Å². The zero-order chi connectivity index (χ0) is 20.6. The van der Waals surface area contributed by atoms with Crippen molar-refractivity contribution >= 4 is 12.1 Å². The summed E-state index contributed by atoms with van der Waals surface area (Å²) in [6.45, 7) is 11.8. The Bertz CT molecular complexity index is 523. The SMILES string of the molecule is CCNC(=NCC1(CCO)CCOC1)NCCN(C(=O)OC(C)(C)C)C1CC1. The summed E-state index contributed by atoms with van der Waals surface area (Å²) in [5, 5.41) is 15.9. The van der Waals surface area contributed by atoms with Gasteiger partial charge in [-0.15, -0.1) is 0 Å². The minimum absolute atomic E-state index is 0.0757. The van der Waals surface area contributed by atoms with Crippen LogP contribution in [-0.2, 0) is 9.47 Å². The van der Waals surface area contributed by atoms with Gasteiger partial charge < -0.3 is 30.1 Å². The number of rotatable bonds is 9. The Hall–Kier alpha value is -1.54. The van der Waals surface area contributed by atoms with Crippen LogP contribution in [0.4, 0.5) is 4.79 Å². The third kappa shape index (κ3) is 7.47. The molecule has 2 aliphatic rings. The highest BCUT2D eigenvalue weighted by molar-refractivity contribution is 5.79. The minimum atomic E-state index is -0.488. The molecule has 0 aromatic carbocycles. The molecule has 1 aliphatic heterocycles. The number of aliphatic hydroxyl groups is 1. The number of amides is 1. The van der Waals surface area contributed by atoms with E-state index >= 15 is 0 Å². The molecule has 0 radical (unpaired) electrons. The third-order valence-electron chi connectivity index (χ3n) is 5.00. The van der Waals surface area contributed by atoms with Crippen LogP contribution in [0.25, 0.3) is 0 Å². The zero-order valence-corrected chi connectivity index (χ0v) is 17.9. The van der Waals surface area contributed by atoms with Gasteiger partial charge in [-0.25, -0.2) is 4.79 Å². The van der Waals surface area contributed by atoms with Crippen LogP contribution in [0.2, 0.25) is 0 Å². The maximum atomic E-state index is 12.4. The molecule has 0 bridgehead atoms. The zero-order valence-electron chi connectivity index (χ0n) is 17.9. The lowest BCUT2D eigenvalue weighted by Gasteiger charge is -2.28. The second-order valence-electron chi connectivity index (χ2n) is 8.80. The van der Waals surface area contributed by atoms with Crippen LogP contribution >= 0.6 is 0 Å². The van der Waals surface area contributed by atoms with Gasteiger partial charge in [0.25, 0.3) is 0 Å². The van der Waals surface area contributed by atoms with Crippen molar-refractivity contribution in [2.45, 2.75) is 65.0 Å². The first kappa shape index (κ1) is 22.7. The van der Waals surface area contributed by atoms with Gasteiger partial charge in [-0.3, -0.25) is 4.99 Å². The predicted molar refractivity (Wildman–Crippen MR) is 110 cm³/mol. The number of nitrogens with zero attached hydrogens (tertiary/aromatic N) is 2. The van der Waals surface area contributed by atoms with E-state index in [1.807, 2.05) is 32.6 Å². The summed E-state index contributed by atoms with van der Waals surface area (Å²) in [7, 11) is 0. The van der Waals surface area contributed by atoms with Crippen molar-refractivity contribution in [2.24, 2.45) is 10.4 Å². The third-order valence-corrected chi connectivity index (χ3v) is 5.00. The van der Waals surface area contributed by atoms with E-state index < -0.39 is 5.60 Å². The fourth-order valence-electron chi connectivity index (χ4n) is 3.30. The van der Waals surface area contributed by atoms with Crippen LogP contribution < -0.4 is 10.6 Å². The van der Waals surface area contributed by atoms with Crippen molar-refractivity contribution in [3.05, 3.63) is 0 Å². The van der Waals surface area contributed by atoms with Crippen LogP contribution in [0.5, 0.6) is 0 Å². The van der Waals surface area contributed by atoms with E-state index in [0.717, 1.165) is 38.4 Å². The number of hydrogen-bond donors (Lipinski definition) is 3. The van der Waals surface area contributed by atoms with Crippen LogP contribution in [0.15, 0.2) is 4.99 Å². The largest absolute Gasteiger partial charge is 0.444 e. The number of ether oxygens (including phenoxy) is 2. The van der Waals surface area contributed by atoms with Gasteiger partial charge in [-0.05, 0) is 53.4 Å². The first-order valence-corrected chi connectivity index (χ1v) is 10.5. The van der Waals surface area contributed by atoms with Crippen LogP contribution in [0.3, 0.4) is 0 Å². The molecule has 28 heavy (non-hydrogen) atoms. The number of hydrogen-bond acceptors (Lipinski definition) is 5. The van der Waals surface area contributed by atoms with Crippen LogP contribution in [0, 0.1) is 5.41 Å². The first-order valence-electron chi connectivity index (χ1n) is 10.5. The van der Waals surface area contributed by atoms with Crippen molar-refractivity contribution in [2.75, 3.05) is 46.0 Å². The lowest BCUT2D eigenvalue weighted by atomic mass is 9.84. The highest BCUT2D eigenvalue weighted by Gasteiger charge is 2.35. The molecule has 2 rings (SSSR count). The molecular formula is C20H38N4O4. The average Bonchev–Trinajstić information content (AvgIpc) is 3.34. The molecule has 8 nitrogen and oxygen atoms in total. The van der Waals surface area contributed by atoms with E-state index in [1.165, 1.54) is 0 Å². The van der Waals surface area contributed by atoms with Gasteiger partial charge in [0.2, 0.25) is 0 Å². The molecule has 3 N–H and O–H groups in total. The van der Waals surface area contributed by atoms with Crippen molar-refractivity contribution in [1.29, 1.82) is 0 Å². The normalized spacial score (nSPS) is 22.8. The Morgan fingerprint density at radius 2 is 2.11 bits per heavy atom. The highest BCUT2D eigenvalue weighted by Crippen LogP contribution is 2.32. The number of aliphatic imine (C=N–C) groups is 1. The molecule has 1 amide bonds. The molecular weight excluding hydrogens is 360 g/mol. The molecule has 1 saturated carbocycles. The summed E-state index contributed by atoms with van der Waals surface area (Å²) in [6.07, 6.45) is 3.45. The fraction of sp³-hybridized carbons (Fsp3) is 0.900. The Kier molecular flexibility index (Phi) is 8.37. The minimum Gasteiger partial charge on any atom is -0.444 e. The van der Waals surface area contributed by atoms with Crippen LogP contribution in [0.1, 0.15) is 53.4 Å². The highest BCUT2D eigenvalue weighted by atomic mass is 16.6. The molecule has 0 spiro atoms. The van der Waals surface area contributed by atoms with Gasteiger partial charge in [-0.1, -0.05) is 0 Å². The fourth-order valence-corrected chi connectivity index (χ4v) is 3.30. The van der Waals surface area contributed by atoms with Gasteiger partial charge in [0.1, 0.15) is 5.60 Å². The van der Waals surface area contributed by atoms with Gasteiger partial charge in [0.05, 0.1) is 13.2 Å². The second kappa shape index (κ2) is 10.3. The quantitative estimate of drug-likeness (QED) is 0.404. The smallest absolute Gasteiger partial charge is 0.410 e. The first-order chi connectivity index (χ1) is 13.3. The number of guanidine groups is 1. The number of carbonyl (C=O) groups excluding carboxylic acids is 1. The predicted octanol–water partition coefficient (Wildman–Crippen LogP) is 1.73. The molecule has 0 aromatic rings. The Labute approximate surface area is 169 Å². The van der Waals surface area contributed by atoms with Gasteiger partial charge in [0.15, 0.2) is 5.96 Å². The van der Waals surface area contributed by atoms with E-state index in [9.17, 15) is 9.90 Å². The summed E-state index contributed by atoms with van der Waals surface area (Å²) >= 11 is 0. The Balaban J connectivity index is 1.88. The summed E-state index contributed by atoms with van der Waals surface area (Å²) in [4.78, 5) is 19.0. The topological polar surface area (TPSA) is 95.4 Å². The van der Waals surface area contributed by atoms with Gasteiger partial charge in [-0.2, -0.15) is 0 Å². The summed E-state index contributed by atoms with van der Waals surface area (Å²) in [6, 6.07) is 0.291. The molecule has 1 atom stereocenters. The molecule has 1 unspecified atom stereocenters. The number of carbonyl (C=O) groups is 1. The molecule has 1 saturated heterocycles. The maximum Gasteiger partial charge on any atom is 0.410 e. The van der Waals surface area contributed by atoms with Crippen LogP contribution in [-0.4, -0.2) is 79.7 Å². The van der Waals surface area contributed by atoms with E-state index in [0.29, 0.717) is 38.7 Å². The average molecular weight is 399 g/mol. The Morgan fingerprint density at radius 1 is 1.36 bits per heavy atom. The summed E-state index contributed by atoms with van der Waals surface area (Å²) < 4.78 is 11.1. The van der Waals surface area contributed by atoms with E-state index in [2.05, 4.69) is 10.6 Å². The standard InChI is InChI=1S/C20H38N4O4/c1-5-21-17(23-14-20(8-12-25)9-13-27-15-20)22-10-11-24(16-6-7-16)18(26)28-19(2,3)4/h16,25H,5-15H2,1-4H3,(H2,21,22,23). The van der Waals surface area contributed by atoms with Crippen molar-refractivity contribution < 1.29 is 19.4 Å². The van der Waals surface area contributed by atoms with Crippen molar-refractivity contribution in [3.8, 4) is 0 Å². The molecule has 2 fully saturated rings. The summed E-state index contributed by atoms with van der Waals surface area (Å²) in [5.41, 5.74) is -0.563. The maximum absolute atomic E-state index is 12.4. The van der Waals surface area contributed by atoms with E-state index in [4.69, 9.17) is 14.5 Å². The molecule has 0 aromatic heterocycles. The Morgan fingerprint density at radius 3 is 2.64 bits per heavy atom. The lowest BCUT2D eigenvalue weighted by molar-refractivity contribution is 0.0238. The van der Waals surface area contributed by atoms with Gasteiger partial charge >= 0.3 is 6.09 Å².